The molecule has 1 aliphatic heterocycles. The number of hydrogen-bond acceptors (Lipinski definition) is 2. The highest BCUT2D eigenvalue weighted by molar-refractivity contribution is 14.1. The molecule has 1 aliphatic rings. The van der Waals surface area contributed by atoms with Gasteiger partial charge in [0, 0.05) is 0 Å². The first kappa shape index (κ1) is 10.3. The Morgan fingerprint density at radius 2 is 2.25 bits per heavy atom. The first-order valence-corrected chi connectivity index (χ1v) is 6.27. The molecular formula is C12H11IN2O. The van der Waals surface area contributed by atoms with Crippen molar-refractivity contribution in [1.29, 1.82) is 0 Å². The minimum absolute atomic E-state index is 0.263. The number of ether oxygens (including phenoxy) is 1. The van der Waals surface area contributed by atoms with Gasteiger partial charge in [-0.05, 0) is 33.7 Å². The first-order valence-electron chi connectivity index (χ1n) is 5.19. The monoisotopic (exact) mass is 326 g/mol. The lowest BCUT2D eigenvalue weighted by molar-refractivity contribution is 0.0831. The minimum atomic E-state index is 0.263. The molecule has 0 saturated carbocycles. The molecule has 0 N–H and O–H groups in total. The van der Waals surface area contributed by atoms with E-state index >= 15 is 0 Å². The Labute approximate surface area is 108 Å². The molecule has 3 rings (SSSR count). The standard InChI is InChI=1S/C12H11IN2O/c13-12-5-14-8-15(12)11-7-16-6-9-3-1-2-4-10(9)11/h1-5,8,11H,6-7H2. The van der Waals surface area contributed by atoms with Crippen LogP contribution < -0.4 is 0 Å². The average molecular weight is 326 g/mol. The summed E-state index contributed by atoms with van der Waals surface area (Å²) < 4.78 is 8.94. The van der Waals surface area contributed by atoms with E-state index in [9.17, 15) is 0 Å². The lowest BCUT2D eigenvalue weighted by atomic mass is 9.99. The zero-order valence-corrected chi connectivity index (χ0v) is 10.8. The van der Waals surface area contributed by atoms with Crippen LogP contribution >= 0.6 is 22.6 Å². The Bertz CT molecular complexity index is 509. The molecule has 3 nitrogen and oxygen atoms in total. The molecule has 1 unspecified atom stereocenters. The summed E-state index contributed by atoms with van der Waals surface area (Å²) in [7, 11) is 0. The SMILES string of the molecule is Ic1cncn1C1COCc2ccccc21. The Balaban J connectivity index is 2.08. The highest BCUT2D eigenvalue weighted by atomic mass is 127. The number of rotatable bonds is 1. The Hall–Kier alpha value is -0.880. The van der Waals surface area contributed by atoms with Gasteiger partial charge in [0.25, 0.3) is 0 Å². The van der Waals surface area contributed by atoms with Crippen LogP contribution in [0.25, 0.3) is 0 Å². The second-order valence-electron chi connectivity index (χ2n) is 3.85. The molecule has 0 radical (unpaired) electrons. The molecule has 0 saturated heterocycles. The molecule has 82 valence electrons. The fourth-order valence-corrected chi connectivity index (χ4v) is 2.73. The Kier molecular flexibility index (Phi) is 2.69. The predicted molar refractivity (Wildman–Crippen MR) is 69.2 cm³/mol. The molecule has 1 aromatic carbocycles. The van der Waals surface area contributed by atoms with E-state index in [4.69, 9.17) is 4.74 Å². The van der Waals surface area contributed by atoms with Gasteiger partial charge in [-0.3, -0.25) is 0 Å². The number of benzene rings is 1. The van der Waals surface area contributed by atoms with Crippen LogP contribution in [0, 0.1) is 3.70 Å². The maximum absolute atomic E-state index is 5.64. The number of fused-ring (bicyclic) bond motifs is 1. The molecule has 4 heteroatoms. The van der Waals surface area contributed by atoms with Crippen LogP contribution in [0.1, 0.15) is 17.2 Å². The second kappa shape index (κ2) is 4.18. The van der Waals surface area contributed by atoms with Gasteiger partial charge in [-0.25, -0.2) is 4.98 Å². The van der Waals surface area contributed by atoms with Crippen molar-refractivity contribution in [2.45, 2.75) is 12.6 Å². The normalized spacial score (nSPS) is 19.4. The van der Waals surface area contributed by atoms with Crippen molar-refractivity contribution in [2.24, 2.45) is 0 Å². The van der Waals surface area contributed by atoms with E-state index in [1.165, 1.54) is 11.1 Å². The van der Waals surface area contributed by atoms with E-state index in [1.807, 2.05) is 12.5 Å². The largest absolute Gasteiger partial charge is 0.374 e. The van der Waals surface area contributed by atoms with Crippen molar-refractivity contribution in [2.75, 3.05) is 6.61 Å². The van der Waals surface area contributed by atoms with Crippen LogP contribution in [0.15, 0.2) is 36.8 Å². The van der Waals surface area contributed by atoms with Gasteiger partial charge >= 0.3 is 0 Å². The first-order chi connectivity index (χ1) is 7.86. The molecule has 0 spiro atoms. The van der Waals surface area contributed by atoms with Crippen LogP contribution in [0.2, 0.25) is 0 Å². The number of imidazole rings is 1. The van der Waals surface area contributed by atoms with Gasteiger partial charge in [0.05, 0.1) is 31.8 Å². The van der Waals surface area contributed by atoms with Gasteiger partial charge in [-0.1, -0.05) is 24.3 Å². The van der Waals surface area contributed by atoms with Crippen molar-refractivity contribution < 1.29 is 4.74 Å². The molecule has 0 amide bonds. The number of aromatic nitrogens is 2. The second-order valence-corrected chi connectivity index (χ2v) is 4.96. The van der Waals surface area contributed by atoms with E-state index in [0.29, 0.717) is 0 Å². The zero-order chi connectivity index (χ0) is 11.0. The van der Waals surface area contributed by atoms with E-state index in [0.717, 1.165) is 16.9 Å². The molecule has 0 bridgehead atoms. The van der Waals surface area contributed by atoms with Crippen molar-refractivity contribution in [3.8, 4) is 0 Å². The van der Waals surface area contributed by atoms with Gasteiger partial charge in [-0.15, -0.1) is 0 Å². The lowest BCUT2D eigenvalue weighted by Crippen LogP contribution is -2.23. The van der Waals surface area contributed by atoms with Gasteiger partial charge in [0.2, 0.25) is 0 Å². The summed E-state index contributed by atoms with van der Waals surface area (Å²) in [5.41, 5.74) is 2.63. The highest BCUT2D eigenvalue weighted by Crippen LogP contribution is 2.28. The smallest absolute Gasteiger partial charge is 0.100 e. The topological polar surface area (TPSA) is 27.1 Å². The van der Waals surface area contributed by atoms with Crippen LogP contribution in [0.3, 0.4) is 0 Å². The van der Waals surface area contributed by atoms with Gasteiger partial charge in [0.1, 0.15) is 3.70 Å². The predicted octanol–water partition coefficient (Wildman–Crippen LogP) is 2.61. The molecule has 1 aromatic heterocycles. The van der Waals surface area contributed by atoms with E-state index in [1.54, 1.807) is 0 Å². The fraction of sp³-hybridized carbons (Fsp3) is 0.250. The highest BCUT2D eigenvalue weighted by Gasteiger charge is 2.22. The Morgan fingerprint density at radius 3 is 3.06 bits per heavy atom. The van der Waals surface area contributed by atoms with Crippen LogP contribution in [-0.2, 0) is 11.3 Å². The zero-order valence-electron chi connectivity index (χ0n) is 8.64. The minimum Gasteiger partial charge on any atom is -0.374 e. The van der Waals surface area contributed by atoms with Crippen LogP contribution in [-0.4, -0.2) is 16.2 Å². The summed E-state index contributed by atoms with van der Waals surface area (Å²) in [5.74, 6) is 0. The van der Waals surface area contributed by atoms with Crippen molar-refractivity contribution in [1.82, 2.24) is 9.55 Å². The lowest BCUT2D eigenvalue weighted by Gasteiger charge is -2.27. The quantitative estimate of drug-likeness (QED) is 0.754. The van der Waals surface area contributed by atoms with Crippen LogP contribution in [0.5, 0.6) is 0 Å². The summed E-state index contributed by atoms with van der Waals surface area (Å²) in [6.07, 6.45) is 3.75. The average Bonchev–Trinajstić information content (AvgIpc) is 2.75. The van der Waals surface area contributed by atoms with Crippen LogP contribution in [0.4, 0.5) is 0 Å². The van der Waals surface area contributed by atoms with Gasteiger partial charge in [0.15, 0.2) is 0 Å². The third-order valence-electron chi connectivity index (χ3n) is 2.90. The molecule has 1 atom stereocenters. The molecule has 0 aliphatic carbocycles. The van der Waals surface area contributed by atoms with Crippen molar-refractivity contribution in [3.05, 3.63) is 51.6 Å². The summed E-state index contributed by atoms with van der Waals surface area (Å²) in [5, 5.41) is 0. The maximum Gasteiger partial charge on any atom is 0.100 e. The summed E-state index contributed by atoms with van der Waals surface area (Å²) in [6, 6.07) is 8.72. The molecule has 2 aromatic rings. The summed E-state index contributed by atoms with van der Waals surface area (Å²) in [6.45, 7) is 1.45. The van der Waals surface area contributed by atoms with E-state index < -0.39 is 0 Å². The van der Waals surface area contributed by atoms with Crippen molar-refractivity contribution in [3.63, 3.8) is 0 Å². The Morgan fingerprint density at radius 1 is 1.38 bits per heavy atom. The number of hydrogen-bond donors (Lipinski definition) is 0. The third kappa shape index (κ3) is 1.66. The maximum atomic E-state index is 5.64. The number of nitrogens with zero attached hydrogens (tertiary/aromatic N) is 2. The summed E-state index contributed by atoms with van der Waals surface area (Å²) in [4.78, 5) is 4.17. The molecule has 0 fully saturated rings. The molecular weight excluding hydrogens is 315 g/mol. The van der Waals surface area contributed by atoms with E-state index in [2.05, 4.69) is 56.4 Å². The third-order valence-corrected chi connectivity index (χ3v) is 3.74. The fourth-order valence-electron chi connectivity index (χ4n) is 2.11. The number of halogens is 1. The van der Waals surface area contributed by atoms with Gasteiger partial charge in [-0.2, -0.15) is 0 Å². The van der Waals surface area contributed by atoms with E-state index in [-0.39, 0.29) is 6.04 Å². The van der Waals surface area contributed by atoms with Crippen molar-refractivity contribution >= 4 is 22.6 Å². The van der Waals surface area contributed by atoms with Gasteiger partial charge < -0.3 is 9.30 Å². The summed E-state index contributed by atoms with van der Waals surface area (Å²) >= 11 is 2.30. The molecule has 2 heterocycles. The molecule has 16 heavy (non-hydrogen) atoms.